The van der Waals surface area contributed by atoms with Crippen molar-refractivity contribution in [1.29, 1.82) is 0 Å². The molecule has 0 aliphatic heterocycles. The van der Waals surface area contributed by atoms with E-state index in [1.54, 1.807) is 13.0 Å². The number of hydrogen-bond donors (Lipinski definition) is 0. The van der Waals surface area contributed by atoms with Gasteiger partial charge in [0, 0.05) is 22.4 Å². The molecule has 3 aromatic rings. The van der Waals surface area contributed by atoms with Crippen LogP contribution in [0, 0.1) is 5.41 Å². The molecular formula is C27H32O5. The molecule has 0 fully saturated rings. The van der Waals surface area contributed by atoms with Crippen molar-refractivity contribution in [3.63, 3.8) is 0 Å². The molecule has 2 aromatic carbocycles. The Labute approximate surface area is 189 Å². The lowest BCUT2D eigenvalue weighted by atomic mass is 9.96. The van der Waals surface area contributed by atoms with Crippen molar-refractivity contribution < 1.29 is 18.7 Å². The van der Waals surface area contributed by atoms with Gasteiger partial charge < -0.3 is 13.9 Å². The van der Waals surface area contributed by atoms with Gasteiger partial charge in [0.15, 0.2) is 0 Å². The minimum absolute atomic E-state index is 0. The molecule has 32 heavy (non-hydrogen) atoms. The lowest BCUT2D eigenvalue weighted by Crippen LogP contribution is -2.28. The van der Waals surface area contributed by atoms with Crippen molar-refractivity contribution in [2.45, 2.75) is 41.5 Å². The first-order chi connectivity index (χ1) is 14.7. The van der Waals surface area contributed by atoms with E-state index in [1.165, 1.54) is 0 Å². The van der Waals surface area contributed by atoms with Crippen LogP contribution in [0.5, 0.6) is 5.75 Å². The standard InChI is InChI=1S/C26H28O5.CH4/c1-6-18-9-7-8-10-21(18)22-13-19-11-12-20(14-23(19)31-25(22)28)29-15-26(4,5)16-30-24(27)17(2)3;/h7-14H,2,6,15-16H2,1,3-5H3;1H4. The van der Waals surface area contributed by atoms with Gasteiger partial charge in [0.1, 0.15) is 11.3 Å². The smallest absolute Gasteiger partial charge is 0.344 e. The van der Waals surface area contributed by atoms with Crippen LogP contribution in [-0.2, 0) is 16.0 Å². The molecule has 0 saturated carbocycles. The summed E-state index contributed by atoms with van der Waals surface area (Å²) in [5.41, 5.74) is 2.61. The first-order valence-corrected chi connectivity index (χ1v) is 10.3. The van der Waals surface area contributed by atoms with Gasteiger partial charge in [0.2, 0.25) is 0 Å². The van der Waals surface area contributed by atoms with E-state index < -0.39 is 11.4 Å². The van der Waals surface area contributed by atoms with Crippen LogP contribution in [0.3, 0.4) is 0 Å². The second-order valence-corrected chi connectivity index (χ2v) is 8.47. The molecule has 170 valence electrons. The predicted molar refractivity (Wildman–Crippen MR) is 129 cm³/mol. The number of benzene rings is 2. The zero-order valence-electron chi connectivity index (χ0n) is 18.5. The molecule has 0 bridgehead atoms. The third-order valence-electron chi connectivity index (χ3n) is 4.97. The summed E-state index contributed by atoms with van der Waals surface area (Å²) in [6.07, 6.45) is 0.831. The van der Waals surface area contributed by atoms with Gasteiger partial charge in [-0.3, -0.25) is 0 Å². The van der Waals surface area contributed by atoms with Gasteiger partial charge in [0.25, 0.3) is 0 Å². The molecule has 0 amide bonds. The van der Waals surface area contributed by atoms with E-state index in [0.717, 1.165) is 22.9 Å². The first kappa shape index (κ1) is 24.9. The third-order valence-corrected chi connectivity index (χ3v) is 4.97. The molecule has 1 heterocycles. The molecule has 0 N–H and O–H groups in total. The quantitative estimate of drug-likeness (QED) is 0.240. The van der Waals surface area contributed by atoms with E-state index in [1.807, 2.05) is 56.3 Å². The number of hydrogen-bond acceptors (Lipinski definition) is 5. The second-order valence-electron chi connectivity index (χ2n) is 8.47. The Morgan fingerprint density at radius 1 is 1.06 bits per heavy atom. The Balaban J connectivity index is 0.00000363. The van der Waals surface area contributed by atoms with E-state index in [0.29, 0.717) is 29.1 Å². The average Bonchev–Trinajstić information content (AvgIpc) is 2.75. The average molecular weight is 437 g/mol. The van der Waals surface area contributed by atoms with Crippen LogP contribution >= 0.6 is 0 Å². The van der Waals surface area contributed by atoms with Gasteiger partial charge in [-0.1, -0.05) is 59.0 Å². The van der Waals surface area contributed by atoms with Crippen LogP contribution in [0.15, 0.2) is 69.9 Å². The molecule has 3 rings (SSSR count). The number of fused-ring (bicyclic) bond motifs is 1. The lowest BCUT2D eigenvalue weighted by molar-refractivity contribution is -0.142. The third kappa shape index (κ3) is 5.88. The maximum absolute atomic E-state index is 12.7. The molecule has 0 atom stereocenters. The van der Waals surface area contributed by atoms with Gasteiger partial charge in [-0.25, -0.2) is 9.59 Å². The maximum Gasteiger partial charge on any atom is 0.344 e. The van der Waals surface area contributed by atoms with E-state index >= 15 is 0 Å². The van der Waals surface area contributed by atoms with Crippen molar-refractivity contribution in [1.82, 2.24) is 0 Å². The highest BCUT2D eigenvalue weighted by atomic mass is 16.5. The van der Waals surface area contributed by atoms with Crippen molar-refractivity contribution in [3.8, 4) is 16.9 Å². The normalized spacial score (nSPS) is 11.0. The van der Waals surface area contributed by atoms with Crippen LogP contribution in [0.2, 0.25) is 0 Å². The fraction of sp³-hybridized carbons (Fsp3) is 0.333. The van der Waals surface area contributed by atoms with Crippen molar-refractivity contribution in [2.24, 2.45) is 5.41 Å². The maximum atomic E-state index is 12.7. The first-order valence-electron chi connectivity index (χ1n) is 10.3. The van der Waals surface area contributed by atoms with Crippen molar-refractivity contribution >= 4 is 16.9 Å². The van der Waals surface area contributed by atoms with Gasteiger partial charge in [-0.2, -0.15) is 0 Å². The topological polar surface area (TPSA) is 65.7 Å². The van der Waals surface area contributed by atoms with Crippen LogP contribution in [0.25, 0.3) is 22.1 Å². The predicted octanol–water partition coefficient (Wildman–Crippen LogP) is 6.18. The molecular weight excluding hydrogens is 404 g/mol. The van der Waals surface area contributed by atoms with Gasteiger partial charge in [-0.15, -0.1) is 0 Å². The summed E-state index contributed by atoms with van der Waals surface area (Å²) in [7, 11) is 0. The van der Waals surface area contributed by atoms with Crippen LogP contribution in [-0.4, -0.2) is 19.2 Å². The minimum atomic E-state index is -0.416. The fourth-order valence-corrected chi connectivity index (χ4v) is 3.16. The zero-order valence-corrected chi connectivity index (χ0v) is 18.5. The van der Waals surface area contributed by atoms with Crippen LogP contribution < -0.4 is 10.4 Å². The molecule has 5 nitrogen and oxygen atoms in total. The summed E-state index contributed by atoms with van der Waals surface area (Å²) in [4.78, 5) is 24.3. The number of aryl methyl sites for hydroxylation is 1. The summed E-state index contributed by atoms with van der Waals surface area (Å²) in [5, 5.41) is 0.822. The van der Waals surface area contributed by atoms with Crippen LogP contribution in [0.4, 0.5) is 0 Å². The molecule has 5 heteroatoms. The Hall–Kier alpha value is -3.34. The van der Waals surface area contributed by atoms with E-state index in [9.17, 15) is 9.59 Å². The molecule has 0 saturated heterocycles. The number of carbonyl (C=O) groups is 1. The van der Waals surface area contributed by atoms with Crippen molar-refractivity contribution in [2.75, 3.05) is 13.2 Å². The van der Waals surface area contributed by atoms with E-state index in [-0.39, 0.29) is 19.7 Å². The highest BCUT2D eigenvalue weighted by Crippen LogP contribution is 2.27. The molecule has 0 aliphatic carbocycles. The fourth-order valence-electron chi connectivity index (χ4n) is 3.16. The highest BCUT2D eigenvalue weighted by Gasteiger charge is 2.22. The second kappa shape index (κ2) is 10.3. The Morgan fingerprint density at radius 3 is 2.47 bits per heavy atom. The van der Waals surface area contributed by atoms with E-state index in [2.05, 4.69) is 13.5 Å². The lowest BCUT2D eigenvalue weighted by Gasteiger charge is -2.24. The molecule has 1 aromatic heterocycles. The largest absolute Gasteiger partial charge is 0.493 e. The zero-order chi connectivity index (χ0) is 22.6. The molecule has 0 unspecified atom stereocenters. The summed E-state index contributed by atoms with van der Waals surface area (Å²) in [6.45, 7) is 11.7. The number of rotatable bonds is 8. The Morgan fingerprint density at radius 2 is 1.78 bits per heavy atom. The van der Waals surface area contributed by atoms with Gasteiger partial charge in [-0.05, 0) is 42.7 Å². The van der Waals surface area contributed by atoms with Gasteiger partial charge in [0.05, 0.1) is 18.8 Å². The number of ether oxygens (including phenoxy) is 2. The van der Waals surface area contributed by atoms with E-state index in [4.69, 9.17) is 13.9 Å². The Kier molecular flexibility index (Phi) is 8.03. The molecule has 0 spiro atoms. The molecule has 0 radical (unpaired) electrons. The SMILES string of the molecule is C.C=C(C)C(=O)OCC(C)(C)COc1ccc2cc(-c3ccccc3CC)c(=O)oc2c1. The number of esters is 1. The summed E-state index contributed by atoms with van der Waals surface area (Å²) in [5.74, 6) is 0.165. The summed E-state index contributed by atoms with van der Waals surface area (Å²) >= 11 is 0. The van der Waals surface area contributed by atoms with Crippen molar-refractivity contribution in [3.05, 3.63) is 76.7 Å². The highest BCUT2D eigenvalue weighted by molar-refractivity contribution is 5.87. The minimum Gasteiger partial charge on any atom is -0.493 e. The Bertz CT molecular complexity index is 1170. The van der Waals surface area contributed by atoms with Crippen LogP contribution in [0.1, 0.15) is 40.7 Å². The monoisotopic (exact) mass is 436 g/mol. The summed E-state index contributed by atoms with van der Waals surface area (Å²) < 4.78 is 16.7. The molecule has 0 aliphatic rings. The van der Waals surface area contributed by atoms with Gasteiger partial charge >= 0.3 is 11.6 Å². The summed E-state index contributed by atoms with van der Waals surface area (Å²) in [6, 6.07) is 15.1. The number of carbonyl (C=O) groups excluding carboxylic acids is 1.